The summed E-state index contributed by atoms with van der Waals surface area (Å²) in [6.45, 7) is 3.11. The number of sulfonamides is 1. The lowest BCUT2D eigenvalue weighted by Gasteiger charge is -2.16. The lowest BCUT2D eigenvalue weighted by molar-refractivity contribution is 0.0520. The number of benzene rings is 2. The summed E-state index contributed by atoms with van der Waals surface area (Å²) in [7, 11) is -6.23. The van der Waals surface area contributed by atoms with Crippen LogP contribution in [0.3, 0.4) is 0 Å². The maximum Gasteiger partial charge on any atom is 0.354 e. The SMILES string of the molecule is CCOC(=O)c1cc2c(-c3cc(NS(=O)(=O)CCS(=O)(=O)CC)ccc3Oc3ccc(F)cc3F)cn(C)c(=O)c2[nH]1. The maximum absolute atomic E-state index is 14.5. The Bertz CT molecular complexity index is 1950. The lowest BCUT2D eigenvalue weighted by atomic mass is 10.0. The number of anilines is 1. The number of aryl methyl sites for hydroxylation is 1. The average molecular weight is 624 g/mol. The zero-order valence-electron chi connectivity index (χ0n) is 22.7. The molecule has 0 aliphatic rings. The van der Waals surface area contributed by atoms with Gasteiger partial charge in [0.25, 0.3) is 5.56 Å². The first-order valence-corrected chi connectivity index (χ1v) is 16.1. The van der Waals surface area contributed by atoms with E-state index in [1.807, 2.05) is 0 Å². The van der Waals surface area contributed by atoms with E-state index >= 15 is 0 Å². The molecule has 0 radical (unpaired) electrons. The van der Waals surface area contributed by atoms with E-state index in [-0.39, 0.29) is 57.3 Å². The average Bonchev–Trinajstić information content (AvgIpc) is 3.38. The van der Waals surface area contributed by atoms with Crippen molar-refractivity contribution >= 4 is 42.4 Å². The Morgan fingerprint density at radius 2 is 1.69 bits per heavy atom. The second kappa shape index (κ2) is 11.9. The molecule has 224 valence electrons. The molecule has 15 heteroatoms. The first-order valence-electron chi connectivity index (χ1n) is 12.6. The van der Waals surface area contributed by atoms with Gasteiger partial charge in [-0.05, 0) is 43.3 Å². The minimum Gasteiger partial charge on any atom is -0.461 e. The van der Waals surface area contributed by atoms with Gasteiger partial charge in [0.1, 0.15) is 22.8 Å². The van der Waals surface area contributed by atoms with Crippen molar-refractivity contribution in [3.8, 4) is 22.6 Å². The molecule has 2 heterocycles. The zero-order chi connectivity index (χ0) is 30.8. The van der Waals surface area contributed by atoms with E-state index in [0.29, 0.717) is 6.07 Å². The monoisotopic (exact) mass is 623 g/mol. The lowest BCUT2D eigenvalue weighted by Crippen LogP contribution is -2.23. The number of rotatable bonds is 11. The summed E-state index contributed by atoms with van der Waals surface area (Å²) in [5, 5.41) is 0.250. The predicted molar refractivity (Wildman–Crippen MR) is 153 cm³/mol. The molecule has 0 aliphatic carbocycles. The van der Waals surface area contributed by atoms with Gasteiger partial charge in [0.05, 0.1) is 18.1 Å². The third kappa shape index (κ3) is 6.79. The molecule has 4 rings (SSSR count). The van der Waals surface area contributed by atoms with Crippen LogP contribution >= 0.6 is 0 Å². The minimum atomic E-state index is -4.13. The highest BCUT2D eigenvalue weighted by Crippen LogP contribution is 2.39. The highest BCUT2D eigenvalue weighted by molar-refractivity contribution is 7.95. The zero-order valence-corrected chi connectivity index (χ0v) is 24.4. The topological polar surface area (TPSA) is 154 Å². The van der Waals surface area contributed by atoms with Crippen molar-refractivity contribution in [1.29, 1.82) is 0 Å². The molecular weight excluding hydrogens is 596 g/mol. The largest absolute Gasteiger partial charge is 0.461 e. The number of pyridine rings is 1. The van der Waals surface area contributed by atoms with Crippen LogP contribution in [0, 0.1) is 11.6 Å². The summed E-state index contributed by atoms with van der Waals surface area (Å²) < 4.78 is 91.5. The second-order valence-corrected chi connectivity index (χ2v) is 13.5. The van der Waals surface area contributed by atoms with Gasteiger partial charge >= 0.3 is 5.97 Å². The Balaban J connectivity index is 1.88. The molecule has 0 spiro atoms. The molecule has 42 heavy (non-hydrogen) atoms. The molecule has 0 unspecified atom stereocenters. The van der Waals surface area contributed by atoms with Crippen molar-refractivity contribution in [1.82, 2.24) is 9.55 Å². The molecule has 0 saturated carbocycles. The molecule has 0 saturated heterocycles. The third-order valence-corrected chi connectivity index (χ3v) is 9.47. The quantitative estimate of drug-likeness (QED) is 0.238. The summed E-state index contributed by atoms with van der Waals surface area (Å²) in [6.07, 6.45) is 1.42. The summed E-state index contributed by atoms with van der Waals surface area (Å²) in [5.41, 5.74) is -0.00869. The van der Waals surface area contributed by atoms with Gasteiger partial charge in [0.2, 0.25) is 10.0 Å². The first kappa shape index (κ1) is 30.7. The summed E-state index contributed by atoms with van der Waals surface area (Å²) in [6, 6.07) is 8.07. The number of hydrogen-bond acceptors (Lipinski definition) is 8. The van der Waals surface area contributed by atoms with Crippen LogP contribution in [0.2, 0.25) is 0 Å². The molecular formula is C27H27F2N3O8S2. The number of nitrogens with zero attached hydrogens (tertiary/aromatic N) is 1. The number of aromatic amines is 1. The first-order chi connectivity index (χ1) is 19.7. The van der Waals surface area contributed by atoms with Crippen LogP contribution in [0.5, 0.6) is 11.5 Å². The van der Waals surface area contributed by atoms with Crippen molar-refractivity contribution in [3.63, 3.8) is 0 Å². The molecule has 4 aromatic rings. The van der Waals surface area contributed by atoms with Crippen molar-refractivity contribution in [2.24, 2.45) is 7.05 Å². The number of ether oxygens (including phenoxy) is 2. The maximum atomic E-state index is 14.5. The molecule has 2 N–H and O–H groups in total. The number of carbonyl (C=O) groups excluding carboxylic acids is 1. The second-order valence-electron chi connectivity index (χ2n) is 9.20. The van der Waals surface area contributed by atoms with Crippen LogP contribution in [0.4, 0.5) is 14.5 Å². The fourth-order valence-electron chi connectivity index (χ4n) is 4.05. The van der Waals surface area contributed by atoms with E-state index in [4.69, 9.17) is 9.47 Å². The van der Waals surface area contributed by atoms with Crippen LogP contribution in [-0.2, 0) is 31.6 Å². The van der Waals surface area contributed by atoms with Crippen molar-refractivity contribution < 1.29 is 39.9 Å². The number of H-pyrrole nitrogens is 1. The third-order valence-electron chi connectivity index (χ3n) is 6.22. The number of halogens is 2. The molecule has 0 amide bonds. The van der Waals surface area contributed by atoms with Gasteiger partial charge in [-0.3, -0.25) is 9.52 Å². The highest BCUT2D eigenvalue weighted by Gasteiger charge is 2.22. The number of nitrogens with one attached hydrogen (secondary N) is 2. The van der Waals surface area contributed by atoms with Crippen LogP contribution in [0.1, 0.15) is 24.3 Å². The van der Waals surface area contributed by atoms with Crippen LogP contribution in [-0.4, -0.2) is 56.2 Å². The molecule has 2 aromatic heterocycles. The summed E-state index contributed by atoms with van der Waals surface area (Å²) >= 11 is 0. The Hall–Kier alpha value is -4.24. The summed E-state index contributed by atoms with van der Waals surface area (Å²) in [5.74, 6) is -4.37. The van der Waals surface area contributed by atoms with E-state index < -0.39 is 54.5 Å². The van der Waals surface area contributed by atoms with Crippen molar-refractivity contribution in [3.05, 3.63) is 76.3 Å². The number of hydrogen-bond donors (Lipinski definition) is 2. The molecule has 11 nitrogen and oxygen atoms in total. The van der Waals surface area contributed by atoms with Crippen molar-refractivity contribution in [2.75, 3.05) is 28.6 Å². The van der Waals surface area contributed by atoms with E-state index in [9.17, 15) is 35.2 Å². The van der Waals surface area contributed by atoms with E-state index in [1.165, 1.54) is 49.0 Å². The Morgan fingerprint density at radius 3 is 2.36 bits per heavy atom. The number of fused-ring (bicyclic) bond motifs is 1. The van der Waals surface area contributed by atoms with E-state index in [2.05, 4.69) is 9.71 Å². The number of aromatic nitrogens is 2. The van der Waals surface area contributed by atoms with Crippen molar-refractivity contribution in [2.45, 2.75) is 13.8 Å². The molecule has 0 bridgehead atoms. The molecule has 0 aliphatic heterocycles. The van der Waals surface area contributed by atoms with Crippen LogP contribution in [0.25, 0.3) is 22.0 Å². The smallest absolute Gasteiger partial charge is 0.354 e. The normalized spacial score (nSPS) is 11.9. The van der Waals surface area contributed by atoms with E-state index in [0.717, 1.165) is 12.1 Å². The Morgan fingerprint density at radius 1 is 0.976 bits per heavy atom. The highest BCUT2D eigenvalue weighted by atomic mass is 32.2. The molecule has 0 atom stereocenters. The van der Waals surface area contributed by atoms with Gasteiger partial charge in [-0.25, -0.2) is 30.4 Å². The van der Waals surface area contributed by atoms with Gasteiger partial charge in [0.15, 0.2) is 21.4 Å². The standard InChI is InChI=1S/C27H27F2N3O8S2/c1-4-39-27(34)22-14-19-20(15-32(3)26(33)25(19)30-22)18-13-17(31-42(37,38)11-10-41(35,36)5-2)7-9-23(18)40-24-8-6-16(28)12-21(24)29/h6-9,12-15,30-31H,4-5,10-11H2,1-3H3. The Labute approximate surface area is 240 Å². The summed E-state index contributed by atoms with van der Waals surface area (Å²) in [4.78, 5) is 28.1. The molecule has 0 fully saturated rings. The predicted octanol–water partition coefficient (Wildman–Crippen LogP) is 3.96. The van der Waals surface area contributed by atoms with Gasteiger partial charge in [-0.1, -0.05) is 6.92 Å². The Kier molecular flexibility index (Phi) is 8.73. The van der Waals surface area contributed by atoms with Gasteiger partial charge in [-0.15, -0.1) is 0 Å². The number of carbonyl (C=O) groups is 1. The number of sulfone groups is 1. The fourth-order valence-corrected chi connectivity index (χ4v) is 6.82. The fraction of sp³-hybridized carbons (Fsp3) is 0.259. The molecule has 2 aromatic carbocycles. The van der Waals surface area contributed by atoms with E-state index in [1.54, 1.807) is 6.92 Å². The van der Waals surface area contributed by atoms with Gasteiger partial charge in [-0.2, -0.15) is 0 Å². The number of esters is 1. The van der Waals surface area contributed by atoms with Crippen LogP contribution < -0.4 is 15.0 Å². The van der Waals surface area contributed by atoms with Crippen LogP contribution in [0.15, 0.2) is 53.5 Å². The van der Waals surface area contributed by atoms with Gasteiger partial charge < -0.3 is 19.0 Å². The minimum absolute atomic E-state index is 0.00384. The van der Waals surface area contributed by atoms with Gasteiger partial charge in [0, 0.05) is 47.3 Å².